The minimum Gasteiger partial charge on any atom is -0.496 e. The summed E-state index contributed by atoms with van der Waals surface area (Å²) in [6.07, 6.45) is 0. The number of rotatable bonds is 1. The molecule has 0 aliphatic carbocycles. The Kier molecular flexibility index (Phi) is 2.02. The molecule has 68 valence electrons. The third-order valence-electron chi connectivity index (χ3n) is 2.21. The molecule has 0 atom stereocenters. The normalized spacial score (nSPS) is 15.3. The SMILES string of the molecule is COc1cccc2c1C(=O)CNC2. The molecule has 1 aromatic rings. The van der Waals surface area contributed by atoms with Crippen LogP contribution in [-0.4, -0.2) is 19.4 Å². The molecule has 0 saturated heterocycles. The van der Waals surface area contributed by atoms with E-state index in [1.54, 1.807) is 7.11 Å². The fourth-order valence-corrected chi connectivity index (χ4v) is 1.61. The van der Waals surface area contributed by atoms with Crippen LogP contribution in [0.1, 0.15) is 15.9 Å². The first kappa shape index (κ1) is 8.26. The Morgan fingerprint density at radius 2 is 2.23 bits per heavy atom. The average molecular weight is 177 g/mol. The number of ketones is 1. The topological polar surface area (TPSA) is 38.3 Å². The number of Topliss-reactive ketones (excluding diaryl/α,β-unsaturated/α-hetero) is 1. The van der Waals surface area contributed by atoms with Crippen molar-refractivity contribution < 1.29 is 9.53 Å². The summed E-state index contributed by atoms with van der Waals surface area (Å²) in [5.74, 6) is 0.794. The molecule has 2 rings (SSSR count). The summed E-state index contributed by atoms with van der Waals surface area (Å²) < 4.78 is 5.13. The van der Waals surface area contributed by atoms with Crippen molar-refractivity contribution >= 4 is 5.78 Å². The third kappa shape index (κ3) is 1.31. The third-order valence-corrected chi connectivity index (χ3v) is 2.21. The molecule has 1 aliphatic rings. The fraction of sp³-hybridized carbons (Fsp3) is 0.300. The first-order chi connectivity index (χ1) is 6.33. The number of ether oxygens (including phenoxy) is 1. The number of nitrogens with one attached hydrogen (secondary N) is 1. The second kappa shape index (κ2) is 3.18. The average Bonchev–Trinajstić information content (AvgIpc) is 2.17. The fourth-order valence-electron chi connectivity index (χ4n) is 1.61. The van der Waals surface area contributed by atoms with E-state index >= 15 is 0 Å². The van der Waals surface area contributed by atoms with Gasteiger partial charge in [0.1, 0.15) is 5.75 Å². The lowest BCUT2D eigenvalue weighted by Crippen LogP contribution is -2.30. The molecular weight excluding hydrogens is 166 g/mol. The molecule has 0 aromatic heterocycles. The second-order valence-electron chi connectivity index (χ2n) is 3.02. The highest BCUT2D eigenvalue weighted by Crippen LogP contribution is 2.24. The van der Waals surface area contributed by atoms with Gasteiger partial charge in [-0.1, -0.05) is 12.1 Å². The zero-order valence-corrected chi connectivity index (χ0v) is 7.46. The Balaban J connectivity index is 2.56. The van der Waals surface area contributed by atoms with Crippen molar-refractivity contribution in [1.82, 2.24) is 5.32 Å². The van der Waals surface area contributed by atoms with Crippen LogP contribution in [0.15, 0.2) is 18.2 Å². The van der Waals surface area contributed by atoms with Crippen LogP contribution in [0.5, 0.6) is 5.75 Å². The number of benzene rings is 1. The van der Waals surface area contributed by atoms with Crippen LogP contribution < -0.4 is 10.1 Å². The predicted octanol–water partition coefficient (Wildman–Crippen LogP) is 0.981. The molecule has 1 aliphatic heterocycles. The summed E-state index contributed by atoms with van der Waals surface area (Å²) in [4.78, 5) is 11.5. The summed E-state index contributed by atoms with van der Waals surface area (Å²) in [6, 6.07) is 5.67. The lowest BCUT2D eigenvalue weighted by atomic mass is 9.99. The Bertz CT molecular complexity index is 333. The molecule has 0 amide bonds. The lowest BCUT2D eigenvalue weighted by Gasteiger charge is -2.17. The van der Waals surface area contributed by atoms with Crippen LogP contribution in [0.4, 0.5) is 0 Å². The minimum atomic E-state index is 0.110. The van der Waals surface area contributed by atoms with Gasteiger partial charge in [0.05, 0.1) is 19.2 Å². The predicted molar refractivity (Wildman–Crippen MR) is 49.0 cm³/mol. The van der Waals surface area contributed by atoms with Crippen molar-refractivity contribution in [3.63, 3.8) is 0 Å². The molecule has 0 radical (unpaired) electrons. The molecule has 1 N–H and O–H groups in total. The molecule has 3 heteroatoms. The first-order valence-electron chi connectivity index (χ1n) is 4.22. The highest BCUT2D eigenvalue weighted by atomic mass is 16.5. The summed E-state index contributed by atoms with van der Waals surface area (Å²) in [5.41, 5.74) is 1.76. The molecular formula is C10H11NO2. The van der Waals surface area contributed by atoms with E-state index in [0.717, 1.165) is 17.7 Å². The molecule has 0 unspecified atom stereocenters. The van der Waals surface area contributed by atoms with Gasteiger partial charge in [0.2, 0.25) is 0 Å². The number of carbonyl (C=O) groups excluding carboxylic acids is 1. The van der Waals surface area contributed by atoms with Crippen LogP contribution >= 0.6 is 0 Å². The summed E-state index contributed by atoms with van der Waals surface area (Å²) >= 11 is 0. The van der Waals surface area contributed by atoms with E-state index in [9.17, 15) is 4.79 Å². The number of hydrogen-bond acceptors (Lipinski definition) is 3. The molecule has 0 bridgehead atoms. The molecule has 0 spiro atoms. The van der Waals surface area contributed by atoms with Crippen molar-refractivity contribution in [2.75, 3.05) is 13.7 Å². The summed E-state index contributed by atoms with van der Waals surface area (Å²) in [6.45, 7) is 1.16. The maximum atomic E-state index is 11.5. The van der Waals surface area contributed by atoms with Gasteiger partial charge in [-0.2, -0.15) is 0 Å². The first-order valence-corrected chi connectivity index (χ1v) is 4.22. The zero-order valence-electron chi connectivity index (χ0n) is 7.46. The van der Waals surface area contributed by atoms with E-state index in [1.165, 1.54) is 0 Å². The highest BCUT2D eigenvalue weighted by Gasteiger charge is 2.20. The van der Waals surface area contributed by atoms with Crippen molar-refractivity contribution in [3.05, 3.63) is 29.3 Å². The Morgan fingerprint density at radius 3 is 3.00 bits per heavy atom. The van der Waals surface area contributed by atoms with Gasteiger partial charge in [-0.15, -0.1) is 0 Å². The van der Waals surface area contributed by atoms with Crippen LogP contribution in [-0.2, 0) is 6.54 Å². The van der Waals surface area contributed by atoms with Gasteiger partial charge >= 0.3 is 0 Å². The van der Waals surface area contributed by atoms with Crippen molar-refractivity contribution in [1.29, 1.82) is 0 Å². The van der Waals surface area contributed by atoms with E-state index < -0.39 is 0 Å². The van der Waals surface area contributed by atoms with E-state index in [1.807, 2.05) is 18.2 Å². The molecule has 1 heterocycles. The van der Waals surface area contributed by atoms with Gasteiger partial charge in [0.25, 0.3) is 0 Å². The highest BCUT2D eigenvalue weighted by molar-refractivity contribution is 6.02. The molecule has 0 saturated carbocycles. The second-order valence-corrected chi connectivity index (χ2v) is 3.02. The van der Waals surface area contributed by atoms with Crippen LogP contribution in [0.3, 0.4) is 0 Å². The maximum absolute atomic E-state index is 11.5. The van der Waals surface area contributed by atoms with E-state index in [-0.39, 0.29) is 5.78 Å². The molecule has 1 aromatic carbocycles. The molecule has 13 heavy (non-hydrogen) atoms. The monoisotopic (exact) mass is 177 g/mol. The Hall–Kier alpha value is -1.35. The number of carbonyl (C=O) groups is 1. The van der Waals surface area contributed by atoms with Crippen molar-refractivity contribution in [2.24, 2.45) is 0 Å². The van der Waals surface area contributed by atoms with E-state index in [4.69, 9.17) is 4.74 Å². The largest absolute Gasteiger partial charge is 0.496 e. The standard InChI is InChI=1S/C10H11NO2/c1-13-9-4-2-3-7-5-11-6-8(12)10(7)9/h2-4,11H,5-6H2,1H3. The van der Waals surface area contributed by atoms with Gasteiger partial charge in [0, 0.05) is 6.54 Å². The Morgan fingerprint density at radius 1 is 1.38 bits per heavy atom. The zero-order chi connectivity index (χ0) is 9.26. The van der Waals surface area contributed by atoms with E-state index in [2.05, 4.69) is 5.32 Å². The molecule has 0 fully saturated rings. The summed E-state index contributed by atoms with van der Waals surface area (Å²) in [5, 5.41) is 3.04. The van der Waals surface area contributed by atoms with E-state index in [0.29, 0.717) is 12.3 Å². The maximum Gasteiger partial charge on any atom is 0.180 e. The smallest absolute Gasteiger partial charge is 0.180 e. The summed E-state index contributed by atoms with van der Waals surface area (Å²) in [7, 11) is 1.59. The quantitative estimate of drug-likeness (QED) is 0.695. The Labute approximate surface area is 76.7 Å². The van der Waals surface area contributed by atoms with Crippen molar-refractivity contribution in [2.45, 2.75) is 6.54 Å². The lowest BCUT2D eigenvalue weighted by molar-refractivity contribution is 0.0979. The van der Waals surface area contributed by atoms with Gasteiger partial charge in [-0.3, -0.25) is 4.79 Å². The number of hydrogen-bond donors (Lipinski definition) is 1. The van der Waals surface area contributed by atoms with Gasteiger partial charge in [-0.25, -0.2) is 0 Å². The van der Waals surface area contributed by atoms with Gasteiger partial charge in [0.15, 0.2) is 5.78 Å². The van der Waals surface area contributed by atoms with Crippen molar-refractivity contribution in [3.8, 4) is 5.75 Å². The number of fused-ring (bicyclic) bond motifs is 1. The molecule has 3 nitrogen and oxygen atoms in total. The van der Waals surface area contributed by atoms with Gasteiger partial charge < -0.3 is 10.1 Å². The van der Waals surface area contributed by atoms with Crippen LogP contribution in [0.2, 0.25) is 0 Å². The van der Waals surface area contributed by atoms with Crippen LogP contribution in [0.25, 0.3) is 0 Å². The number of methoxy groups -OCH3 is 1. The minimum absolute atomic E-state index is 0.110. The van der Waals surface area contributed by atoms with Gasteiger partial charge in [-0.05, 0) is 11.6 Å². The van der Waals surface area contributed by atoms with Crippen LogP contribution in [0, 0.1) is 0 Å².